The van der Waals surface area contributed by atoms with E-state index >= 15 is 0 Å². The van der Waals surface area contributed by atoms with Crippen LogP contribution in [-0.2, 0) is 0 Å². The van der Waals surface area contributed by atoms with E-state index in [0.29, 0.717) is 0 Å². The molecule has 0 bridgehead atoms. The molecule has 2 aromatic carbocycles. The molecule has 0 heterocycles. The zero-order chi connectivity index (χ0) is 9.80. The fourth-order valence-electron chi connectivity index (χ4n) is 1.26. The number of hydrogen-bond acceptors (Lipinski definition) is 2. The van der Waals surface area contributed by atoms with Gasteiger partial charge in [0.25, 0.3) is 0 Å². The van der Waals surface area contributed by atoms with Crippen molar-refractivity contribution >= 4 is 11.4 Å². The quantitative estimate of drug-likeness (QED) is 0.572. The maximum absolute atomic E-state index is 5.92. The zero-order valence-electron chi connectivity index (χ0n) is 7.72. The third-order valence-corrected chi connectivity index (χ3v) is 1.99. The SMILES string of the molecule is NN(c1[c]cccc1)c1ccccc1. The Morgan fingerprint density at radius 3 is 2.29 bits per heavy atom. The van der Waals surface area contributed by atoms with E-state index in [1.165, 1.54) is 0 Å². The van der Waals surface area contributed by atoms with Gasteiger partial charge in [-0.3, -0.25) is 5.01 Å². The van der Waals surface area contributed by atoms with Gasteiger partial charge < -0.3 is 0 Å². The molecule has 0 atom stereocenters. The first kappa shape index (κ1) is 8.78. The topological polar surface area (TPSA) is 29.3 Å². The number of nitrogens with zero attached hydrogens (tertiary/aromatic N) is 1. The molecule has 0 amide bonds. The van der Waals surface area contributed by atoms with Crippen molar-refractivity contribution in [1.82, 2.24) is 0 Å². The summed E-state index contributed by atoms with van der Waals surface area (Å²) in [6, 6.07) is 20.5. The van der Waals surface area contributed by atoms with E-state index in [1.807, 2.05) is 54.6 Å². The second-order valence-electron chi connectivity index (χ2n) is 2.95. The molecule has 0 fully saturated rings. The molecule has 1 radical (unpaired) electrons. The Bertz CT molecular complexity index is 344. The highest BCUT2D eigenvalue weighted by molar-refractivity contribution is 5.60. The third kappa shape index (κ3) is 1.75. The monoisotopic (exact) mass is 183 g/mol. The number of hydrogen-bond donors (Lipinski definition) is 1. The van der Waals surface area contributed by atoms with Crippen LogP contribution in [0.3, 0.4) is 0 Å². The summed E-state index contributed by atoms with van der Waals surface area (Å²) in [6.45, 7) is 0. The van der Waals surface area contributed by atoms with E-state index in [-0.39, 0.29) is 0 Å². The van der Waals surface area contributed by atoms with Gasteiger partial charge in [-0.2, -0.15) is 0 Å². The Labute approximate surface area is 83.6 Å². The van der Waals surface area contributed by atoms with E-state index in [2.05, 4.69) is 6.07 Å². The maximum atomic E-state index is 5.92. The van der Waals surface area contributed by atoms with E-state index in [9.17, 15) is 0 Å². The summed E-state index contributed by atoms with van der Waals surface area (Å²) in [7, 11) is 0. The first-order valence-electron chi connectivity index (χ1n) is 4.44. The van der Waals surface area contributed by atoms with Gasteiger partial charge in [-0.25, -0.2) is 5.84 Å². The summed E-state index contributed by atoms with van der Waals surface area (Å²) in [5.41, 5.74) is 1.81. The Balaban J connectivity index is 2.30. The predicted molar refractivity (Wildman–Crippen MR) is 58.0 cm³/mol. The highest BCUT2D eigenvalue weighted by Gasteiger charge is 2.01. The van der Waals surface area contributed by atoms with Crippen LogP contribution in [0.15, 0.2) is 54.6 Å². The highest BCUT2D eigenvalue weighted by atomic mass is 15.4. The minimum absolute atomic E-state index is 0.860. The first-order chi connectivity index (χ1) is 6.88. The number of benzene rings is 2. The molecule has 0 saturated heterocycles. The number of hydrazine groups is 1. The molecule has 2 rings (SSSR count). The zero-order valence-corrected chi connectivity index (χ0v) is 7.72. The summed E-state index contributed by atoms with van der Waals surface area (Å²) in [4.78, 5) is 0. The number of anilines is 2. The van der Waals surface area contributed by atoms with E-state index in [4.69, 9.17) is 5.84 Å². The Morgan fingerprint density at radius 1 is 0.929 bits per heavy atom. The van der Waals surface area contributed by atoms with Crippen LogP contribution < -0.4 is 10.9 Å². The van der Waals surface area contributed by atoms with Gasteiger partial charge in [0, 0.05) is 6.07 Å². The summed E-state index contributed by atoms with van der Waals surface area (Å²) < 4.78 is 0. The van der Waals surface area contributed by atoms with E-state index < -0.39 is 0 Å². The molecule has 2 N–H and O–H groups in total. The minimum Gasteiger partial charge on any atom is -0.279 e. The lowest BCUT2D eigenvalue weighted by Gasteiger charge is -2.17. The normalized spacial score (nSPS) is 9.79. The van der Waals surface area contributed by atoms with Crippen LogP contribution in [0.25, 0.3) is 0 Å². The van der Waals surface area contributed by atoms with Gasteiger partial charge in [-0.15, -0.1) is 0 Å². The van der Waals surface area contributed by atoms with Crippen molar-refractivity contribution < 1.29 is 0 Å². The fraction of sp³-hybridized carbons (Fsp3) is 0. The molecule has 69 valence electrons. The van der Waals surface area contributed by atoms with Gasteiger partial charge in [0.1, 0.15) is 0 Å². The minimum atomic E-state index is 0.860. The van der Waals surface area contributed by atoms with Gasteiger partial charge in [-0.1, -0.05) is 36.4 Å². The molecule has 0 spiro atoms. The summed E-state index contributed by atoms with van der Waals surface area (Å²) in [5, 5.41) is 1.61. The lowest BCUT2D eigenvalue weighted by molar-refractivity contribution is 1.09. The molecule has 14 heavy (non-hydrogen) atoms. The maximum Gasteiger partial charge on any atom is 0.0654 e. The van der Waals surface area contributed by atoms with Crippen molar-refractivity contribution in [2.75, 3.05) is 5.01 Å². The summed E-state index contributed by atoms with van der Waals surface area (Å²) >= 11 is 0. The molecule has 0 aliphatic heterocycles. The number of nitrogens with two attached hydrogens (primary N) is 1. The molecular weight excluding hydrogens is 172 g/mol. The van der Waals surface area contributed by atoms with Crippen LogP contribution >= 0.6 is 0 Å². The molecule has 0 aliphatic rings. The second-order valence-corrected chi connectivity index (χ2v) is 2.95. The van der Waals surface area contributed by atoms with Crippen LogP contribution in [0.1, 0.15) is 0 Å². The van der Waals surface area contributed by atoms with Crippen molar-refractivity contribution in [3.63, 3.8) is 0 Å². The van der Waals surface area contributed by atoms with Crippen LogP contribution in [0.4, 0.5) is 11.4 Å². The van der Waals surface area contributed by atoms with Crippen molar-refractivity contribution in [2.24, 2.45) is 5.84 Å². The van der Waals surface area contributed by atoms with Crippen LogP contribution in [0, 0.1) is 6.07 Å². The highest BCUT2D eigenvalue weighted by Crippen LogP contribution is 2.19. The Morgan fingerprint density at radius 2 is 1.64 bits per heavy atom. The van der Waals surface area contributed by atoms with Gasteiger partial charge in [-0.05, 0) is 18.2 Å². The van der Waals surface area contributed by atoms with Gasteiger partial charge in [0.2, 0.25) is 0 Å². The number of rotatable bonds is 2. The molecule has 0 aliphatic carbocycles. The summed E-state index contributed by atoms with van der Waals surface area (Å²) in [6.07, 6.45) is 0. The second kappa shape index (κ2) is 3.94. The molecule has 2 aromatic rings. The largest absolute Gasteiger partial charge is 0.279 e. The first-order valence-corrected chi connectivity index (χ1v) is 4.44. The van der Waals surface area contributed by atoms with Gasteiger partial charge in [0.05, 0.1) is 11.4 Å². The Hall–Kier alpha value is -1.80. The average Bonchev–Trinajstić information content (AvgIpc) is 2.30. The van der Waals surface area contributed by atoms with Crippen LogP contribution in [0.2, 0.25) is 0 Å². The standard InChI is InChI=1S/C12H11N2/c13-14(11-7-3-1-4-8-11)12-9-5-2-6-10-12/h1-9H,13H2. The average molecular weight is 183 g/mol. The molecule has 0 saturated carbocycles. The van der Waals surface area contributed by atoms with Gasteiger partial charge in [0.15, 0.2) is 0 Å². The molecule has 0 unspecified atom stereocenters. The lowest BCUT2D eigenvalue weighted by Crippen LogP contribution is -2.24. The molecule has 0 aromatic heterocycles. The number of para-hydroxylation sites is 2. The van der Waals surface area contributed by atoms with E-state index in [0.717, 1.165) is 11.4 Å². The fourth-order valence-corrected chi connectivity index (χ4v) is 1.26. The summed E-state index contributed by atoms with van der Waals surface area (Å²) in [5.74, 6) is 5.92. The predicted octanol–water partition coefficient (Wildman–Crippen LogP) is 2.50. The van der Waals surface area contributed by atoms with Crippen molar-refractivity contribution in [1.29, 1.82) is 0 Å². The lowest BCUT2D eigenvalue weighted by atomic mass is 10.2. The Kier molecular flexibility index (Phi) is 2.47. The van der Waals surface area contributed by atoms with Crippen molar-refractivity contribution in [3.05, 3.63) is 60.7 Å². The van der Waals surface area contributed by atoms with Gasteiger partial charge >= 0.3 is 0 Å². The van der Waals surface area contributed by atoms with Crippen molar-refractivity contribution in [2.45, 2.75) is 0 Å². The van der Waals surface area contributed by atoms with E-state index in [1.54, 1.807) is 5.01 Å². The van der Waals surface area contributed by atoms with Crippen LogP contribution in [0.5, 0.6) is 0 Å². The third-order valence-electron chi connectivity index (χ3n) is 1.99. The van der Waals surface area contributed by atoms with Crippen molar-refractivity contribution in [3.8, 4) is 0 Å². The molecule has 2 nitrogen and oxygen atoms in total. The molecular formula is C12H11N2. The smallest absolute Gasteiger partial charge is 0.0654 e. The van der Waals surface area contributed by atoms with Crippen LogP contribution in [-0.4, -0.2) is 0 Å². The molecule has 2 heteroatoms.